The van der Waals surface area contributed by atoms with Gasteiger partial charge in [-0.2, -0.15) is 0 Å². The van der Waals surface area contributed by atoms with E-state index in [-0.39, 0.29) is 5.60 Å². The molecule has 0 aromatic rings. The molecule has 3 nitrogen and oxygen atoms in total. The predicted octanol–water partition coefficient (Wildman–Crippen LogP) is 2.44. The Kier molecular flexibility index (Phi) is 4.45. The first kappa shape index (κ1) is 13.3. The summed E-state index contributed by atoms with van der Waals surface area (Å²) in [7, 11) is 0. The first-order chi connectivity index (χ1) is 8.04. The lowest BCUT2D eigenvalue weighted by molar-refractivity contribution is -0.0894. The van der Waals surface area contributed by atoms with Gasteiger partial charge in [0.25, 0.3) is 0 Å². The third-order valence-corrected chi connectivity index (χ3v) is 3.70. The molecule has 100 valence electrons. The molecule has 0 amide bonds. The SMILES string of the molecule is CC(C)(C)OC1CCN(C2CCOCC2)CC1. The quantitative estimate of drug-likeness (QED) is 0.741. The predicted molar refractivity (Wildman–Crippen MR) is 69.3 cm³/mol. The number of rotatable bonds is 2. The second kappa shape index (κ2) is 5.68. The Labute approximate surface area is 105 Å². The van der Waals surface area contributed by atoms with Crippen LogP contribution >= 0.6 is 0 Å². The van der Waals surface area contributed by atoms with Crippen molar-refractivity contribution in [2.24, 2.45) is 0 Å². The van der Waals surface area contributed by atoms with Gasteiger partial charge in [-0.05, 0) is 46.5 Å². The van der Waals surface area contributed by atoms with E-state index in [1.54, 1.807) is 0 Å². The molecule has 0 aliphatic carbocycles. The van der Waals surface area contributed by atoms with E-state index in [2.05, 4.69) is 25.7 Å². The molecule has 2 rings (SSSR count). The summed E-state index contributed by atoms with van der Waals surface area (Å²) < 4.78 is 11.5. The van der Waals surface area contributed by atoms with Crippen LogP contribution in [0.15, 0.2) is 0 Å². The van der Waals surface area contributed by atoms with Crippen LogP contribution in [-0.2, 0) is 9.47 Å². The Bertz CT molecular complexity index is 223. The van der Waals surface area contributed by atoms with Crippen LogP contribution < -0.4 is 0 Å². The molecule has 17 heavy (non-hydrogen) atoms. The Morgan fingerprint density at radius 3 is 2.12 bits per heavy atom. The molecule has 0 aromatic heterocycles. The summed E-state index contributed by atoms with van der Waals surface area (Å²) >= 11 is 0. The van der Waals surface area contributed by atoms with Crippen LogP contribution in [0.4, 0.5) is 0 Å². The van der Waals surface area contributed by atoms with Crippen LogP contribution in [0, 0.1) is 0 Å². The van der Waals surface area contributed by atoms with Crippen molar-refractivity contribution in [3.8, 4) is 0 Å². The van der Waals surface area contributed by atoms with Crippen LogP contribution in [-0.4, -0.2) is 49.0 Å². The number of ether oxygens (including phenoxy) is 2. The minimum Gasteiger partial charge on any atom is -0.381 e. The second-order valence-electron chi connectivity index (χ2n) is 6.31. The lowest BCUT2D eigenvalue weighted by Crippen LogP contribution is -2.46. The molecule has 2 heterocycles. The highest BCUT2D eigenvalue weighted by molar-refractivity contribution is 4.81. The molecule has 0 bridgehead atoms. The largest absolute Gasteiger partial charge is 0.381 e. The van der Waals surface area contributed by atoms with Gasteiger partial charge < -0.3 is 14.4 Å². The highest BCUT2D eigenvalue weighted by Crippen LogP contribution is 2.24. The molecule has 3 heteroatoms. The Morgan fingerprint density at radius 1 is 1.00 bits per heavy atom. The standard InChI is InChI=1S/C14H27NO2/c1-14(2,3)17-13-4-8-15(9-5-13)12-6-10-16-11-7-12/h12-13H,4-11H2,1-3H3. The maximum absolute atomic E-state index is 6.06. The maximum Gasteiger partial charge on any atom is 0.0606 e. The van der Waals surface area contributed by atoms with Gasteiger partial charge in [0, 0.05) is 32.3 Å². The van der Waals surface area contributed by atoms with Crippen molar-refractivity contribution < 1.29 is 9.47 Å². The van der Waals surface area contributed by atoms with Crippen LogP contribution in [0.2, 0.25) is 0 Å². The number of hydrogen-bond donors (Lipinski definition) is 0. The van der Waals surface area contributed by atoms with Crippen molar-refractivity contribution in [1.82, 2.24) is 4.90 Å². The van der Waals surface area contributed by atoms with E-state index in [1.165, 1.54) is 38.8 Å². The molecule has 0 atom stereocenters. The average molecular weight is 241 g/mol. The van der Waals surface area contributed by atoms with Gasteiger partial charge in [-0.1, -0.05) is 0 Å². The molecule has 2 saturated heterocycles. The monoisotopic (exact) mass is 241 g/mol. The minimum atomic E-state index is 0.00547. The number of piperidine rings is 1. The van der Waals surface area contributed by atoms with Gasteiger partial charge in [0.1, 0.15) is 0 Å². The summed E-state index contributed by atoms with van der Waals surface area (Å²) in [4.78, 5) is 2.64. The molecule has 0 aromatic carbocycles. The van der Waals surface area contributed by atoms with E-state index in [9.17, 15) is 0 Å². The van der Waals surface area contributed by atoms with Crippen molar-refractivity contribution in [3.05, 3.63) is 0 Å². The molecule has 0 spiro atoms. The molecular weight excluding hydrogens is 214 g/mol. The summed E-state index contributed by atoms with van der Waals surface area (Å²) in [5.41, 5.74) is 0.00547. The summed E-state index contributed by atoms with van der Waals surface area (Å²) in [5, 5.41) is 0. The van der Waals surface area contributed by atoms with E-state index >= 15 is 0 Å². The van der Waals surface area contributed by atoms with E-state index in [0.717, 1.165) is 19.3 Å². The first-order valence-electron chi connectivity index (χ1n) is 7.04. The van der Waals surface area contributed by atoms with Crippen molar-refractivity contribution in [1.29, 1.82) is 0 Å². The summed E-state index contributed by atoms with van der Waals surface area (Å²) in [6.07, 6.45) is 5.27. The zero-order valence-electron chi connectivity index (χ0n) is 11.6. The third-order valence-electron chi connectivity index (χ3n) is 3.70. The van der Waals surface area contributed by atoms with Gasteiger partial charge in [-0.3, -0.25) is 0 Å². The van der Waals surface area contributed by atoms with Gasteiger partial charge in [-0.15, -0.1) is 0 Å². The average Bonchev–Trinajstić information content (AvgIpc) is 2.29. The number of likely N-dealkylation sites (tertiary alicyclic amines) is 1. The van der Waals surface area contributed by atoms with Crippen LogP contribution in [0.1, 0.15) is 46.5 Å². The van der Waals surface area contributed by atoms with Crippen molar-refractivity contribution >= 4 is 0 Å². The lowest BCUT2D eigenvalue weighted by atomic mass is 10.0. The van der Waals surface area contributed by atoms with E-state index < -0.39 is 0 Å². The number of hydrogen-bond acceptors (Lipinski definition) is 3. The van der Waals surface area contributed by atoms with Crippen molar-refractivity contribution in [3.63, 3.8) is 0 Å². The van der Waals surface area contributed by atoms with Crippen LogP contribution in [0.3, 0.4) is 0 Å². The van der Waals surface area contributed by atoms with Crippen molar-refractivity contribution in [2.45, 2.75) is 64.2 Å². The summed E-state index contributed by atoms with van der Waals surface area (Å²) in [6.45, 7) is 10.7. The molecular formula is C14H27NO2. The van der Waals surface area contributed by atoms with Crippen molar-refractivity contribution in [2.75, 3.05) is 26.3 Å². The molecule has 2 aliphatic rings. The van der Waals surface area contributed by atoms with E-state index in [4.69, 9.17) is 9.47 Å². The molecule has 0 unspecified atom stereocenters. The number of nitrogens with zero attached hydrogens (tertiary/aromatic N) is 1. The summed E-state index contributed by atoms with van der Waals surface area (Å²) in [6, 6.07) is 0.763. The Balaban J connectivity index is 1.73. The van der Waals surface area contributed by atoms with Gasteiger partial charge in [0.05, 0.1) is 11.7 Å². The minimum absolute atomic E-state index is 0.00547. The molecule has 0 N–H and O–H groups in total. The first-order valence-corrected chi connectivity index (χ1v) is 7.04. The maximum atomic E-state index is 6.06. The fourth-order valence-electron chi connectivity index (χ4n) is 2.91. The topological polar surface area (TPSA) is 21.7 Å². The fraction of sp³-hybridized carbons (Fsp3) is 1.00. The zero-order valence-corrected chi connectivity index (χ0v) is 11.6. The van der Waals surface area contributed by atoms with Crippen LogP contribution in [0.25, 0.3) is 0 Å². The summed E-state index contributed by atoms with van der Waals surface area (Å²) in [5.74, 6) is 0. The van der Waals surface area contributed by atoms with Gasteiger partial charge >= 0.3 is 0 Å². The van der Waals surface area contributed by atoms with E-state index in [0.29, 0.717) is 6.10 Å². The van der Waals surface area contributed by atoms with E-state index in [1.807, 2.05) is 0 Å². The highest BCUT2D eigenvalue weighted by Gasteiger charge is 2.28. The fourth-order valence-corrected chi connectivity index (χ4v) is 2.91. The van der Waals surface area contributed by atoms with Gasteiger partial charge in [0.15, 0.2) is 0 Å². The zero-order chi connectivity index (χ0) is 12.3. The molecule has 0 radical (unpaired) electrons. The second-order valence-corrected chi connectivity index (χ2v) is 6.31. The van der Waals surface area contributed by atoms with Gasteiger partial charge in [-0.25, -0.2) is 0 Å². The highest BCUT2D eigenvalue weighted by atomic mass is 16.5. The molecule has 2 aliphatic heterocycles. The smallest absolute Gasteiger partial charge is 0.0606 e. The Morgan fingerprint density at radius 2 is 1.59 bits per heavy atom. The molecule has 2 fully saturated rings. The third kappa shape index (κ3) is 4.23. The molecule has 0 saturated carbocycles. The van der Waals surface area contributed by atoms with Gasteiger partial charge in [0.2, 0.25) is 0 Å². The lowest BCUT2D eigenvalue weighted by Gasteiger charge is -2.40. The van der Waals surface area contributed by atoms with Crippen LogP contribution in [0.5, 0.6) is 0 Å². The Hall–Kier alpha value is -0.120. The normalized spacial score (nSPS) is 26.3.